The maximum Gasteiger partial charge on any atom is 0.154 e. The normalized spacial score (nSPS) is 23.7. The summed E-state index contributed by atoms with van der Waals surface area (Å²) in [6.07, 6.45) is 3.12. The third kappa shape index (κ3) is 3.61. The molecule has 2 unspecified atom stereocenters. The molecule has 0 aromatic heterocycles. The topological polar surface area (TPSA) is 60.2 Å². The van der Waals surface area contributed by atoms with Gasteiger partial charge in [-0.25, -0.2) is 8.42 Å². The first-order chi connectivity index (χ1) is 9.40. The maximum absolute atomic E-state index is 12.1. The lowest BCUT2D eigenvalue weighted by atomic mass is 9.97. The van der Waals surface area contributed by atoms with Gasteiger partial charge in [-0.2, -0.15) is 0 Å². The summed E-state index contributed by atoms with van der Waals surface area (Å²) in [5.74, 6) is 0.814. The molecule has 0 aliphatic carbocycles. The minimum Gasteiger partial charge on any atom is -0.326 e. The molecule has 1 aliphatic rings. The van der Waals surface area contributed by atoms with Crippen LogP contribution in [0.3, 0.4) is 0 Å². The van der Waals surface area contributed by atoms with Crippen LogP contribution in [0.15, 0.2) is 24.3 Å². The zero-order chi connectivity index (χ0) is 14.8. The predicted molar refractivity (Wildman–Crippen MR) is 83.6 cm³/mol. The van der Waals surface area contributed by atoms with Gasteiger partial charge in [0.15, 0.2) is 9.84 Å². The van der Waals surface area contributed by atoms with Gasteiger partial charge < -0.3 is 5.73 Å². The second-order valence-electron chi connectivity index (χ2n) is 6.17. The Morgan fingerprint density at radius 2 is 1.85 bits per heavy atom. The molecule has 2 atom stereocenters. The SMILES string of the molecule is CC(C)c1ccc(CC(N)C2CCCCS2(=O)=O)cc1. The van der Waals surface area contributed by atoms with Crippen LogP contribution < -0.4 is 5.73 Å². The Hall–Kier alpha value is -0.870. The molecule has 0 amide bonds. The lowest BCUT2D eigenvalue weighted by molar-refractivity contribution is 0.495. The molecule has 0 bridgehead atoms. The molecule has 0 saturated carbocycles. The number of benzene rings is 1. The van der Waals surface area contributed by atoms with Crippen LogP contribution in [0.2, 0.25) is 0 Å². The van der Waals surface area contributed by atoms with E-state index in [1.165, 1.54) is 5.56 Å². The summed E-state index contributed by atoms with van der Waals surface area (Å²) in [6.45, 7) is 4.32. The van der Waals surface area contributed by atoms with Crippen molar-refractivity contribution in [1.82, 2.24) is 0 Å². The quantitative estimate of drug-likeness (QED) is 0.929. The van der Waals surface area contributed by atoms with Gasteiger partial charge in [-0.15, -0.1) is 0 Å². The molecule has 20 heavy (non-hydrogen) atoms. The van der Waals surface area contributed by atoms with Gasteiger partial charge >= 0.3 is 0 Å². The zero-order valence-corrected chi connectivity index (χ0v) is 13.2. The monoisotopic (exact) mass is 295 g/mol. The van der Waals surface area contributed by atoms with Gasteiger partial charge in [0.25, 0.3) is 0 Å². The lowest BCUT2D eigenvalue weighted by Crippen LogP contribution is -2.44. The highest BCUT2D eigenvalue weighted by atomic mass is 32.2. The van der Waals surface area contributed by atoms with Crippen molar-refractivity contribution in [2.75, 3.05) is 5.75 Å². The van der Waals surface area contributed by atoms with Crippen molar-refractivity contribution in [3.05, 3.63) is 35.4 Å². The fourth-order valence-corrected chi connectivity index (χ4v) is 4.97. The van der Waals surface area contributed by atoms with Crippen molar-refractivity contribution in [3.63, 3.8) is 0 Å². The van der Waals surface area contributed by atoms with Crippen LogP contribution in [0.1, 0.15) is 50.2 Å². The molecule has 1 aromatic carbocycles. The smallest absolute Gasteiger partial charge is 0.154 e. The first-order valence-electron chi connectivity index (χ1n) is 7.46. The highest BCUT2D eigenvalue weighted by molar-refractivity contribution is 7.92. The average molecular weight is 295 g/mol. The van der Waals surface area contributed by atoms with Crippen molar-refractivity contribution in [2.24, 2.45) is 5.73 Å². The minimum absolute atomic E-state index is 0.287. The molecule has 112 valence electrons. The summed E-state index contributed by atoms with van der Waals surface area (Å²) in [7, 11) is -2.99. The molecule has 1 aliphatic heterocycles. The largest absolute Gasteiger partial charge is 0.326 e. The predicted octanol–water partition coefficient (Wildman–Crippen LogP) is 2.65. The maximum atomic E-state index is 12.1. The first-order valence-corrected chi connectivity index (χ1v) is 9.17. The van der Waals surface area contributed by atoms with E-state index in [-0.39, 0.29) is 11.3 Å². The Morgan fingerprint density at radius 1 is 1.20 bits per heavy atom. The van der Waals surface area contributed by atoms with Gasteiger partial charge in [-0.3, -0.25) is 0 Å². The van der Waals surface area contributed by atoms with E-state index >= 15 is 0 Å². The Balaban J connectivity index is 2.05. The fraction of sp³-hybridized carbons (Fsp3) is 0.625. The van der Waals surface area contributed by atoms with E-state index in [0.29, 0.717) is 24.5 Å². The van der Waals surface area contributed by atoms with E-state index < -0.39 is 9.84 Å². The molecule has 1 heterocycles. The van der Waals surface area contributed by atoms with Gasteiger partial charge in [0.1, 0.15) is 0 Å². The van der Waals surface area contributed by atoms with Crippen molar-refractivity contribution >= 4 is 9.84 Å². The number of hydrogen-bond donors (Lipinski definition) is 1. The Morgan fingerprint density at radius 3 is 2.40 bits per heavy atom. The number of nitrogens with two attached hydrogens (primary N) is 1. The molecular weight excluding hydrogens is 270 g/mol. The summed E-state index contributed by atoms with van der Waals surface area (Å²) in [5.41, 5.74) is 8.60. The van der Waals surface area contributed by atoms with Gasteiger partial charge in [0.2, 0.25) is 0 Å². The Bertz CT molecular complexity index is 534. The highest BCUT2D eigenvalue weighted by Crippen LogP contribution is 2.23. The molecule has 4 heteroatoms. The fourth-order valence-electron chi connectivity index (χ4n) is 2.90. The van der Waals surface area contributed by atoms with E-state index in [9.17, 15) is 8.42 Å². The molecule has 1 saturated heterocycles. The van der Waals surface area contributed by atoms with Crippen molar-refractivity contribution in [3.8, 4) is 0 Å². The number of rotatable bonds is 4. The van der Waals surface area contributed by atoms with E-state index in [4.69, 9.17) is 5.73 Å². The molecule has 0 radical (unpaired) electrons. The van der Waals surface area contributed by atoms with Gasteiger partial charge in [0, 0.05) is 6.04 Å². The van der Waals surface area contributed by atoms with Crippen molar-refractivity contribution in [2.45, 2.75) is 56.7 Å². The summed E-state index contributed by atoms with van der Waals surface area (Å²) in [4.78, 5) is 0. The summed E-state index contributed by atoms with van der Waals surface area (Å²) in [6, 6.07) is 8.09. The molecule has 2 rings (SSSR count). The highest BCUT2D eigenvalue weighted by Gasteiger charge is 2.33. The van der Waals surface area contributed by atoms with Gasteiger partial charge in [0.05, 0.1) is 11.0 Å². The van der Waals surface area contributed by atoms with Crippen LogP contribution in [-0.2, 0) is 16.3 Å². The van der Waals surface area contributed by atoms with E-state index in [1.807, 2.05) is 0 Å². The molecule has 1 aromatic rings. The van der Waals surface area contributed by atoms with Crippen LogP contribution in [0.25, 0.3) is 0 Å². The Kier molecular flexibility index (Phi) is 4.86. The number of hydrogen-bond acceptors (Lipinski definition) is 3. The third-order valence-electron chi connectivity index (χ3n) is 4.22. The summed E-state index contributed by atoms with van der Waals surface area (Å²) < 4.78 is 24.2. The Labute approximate surface area is 122 Å². The molecule has 1 fully saturated rings. The first kappa shape index (κ1) is 15.5. The zero-order valence-electron chi connectivity index (χ0n) is 12.4. The summed E-state index contributed by atoms with van der Waals surface area (Å²) >= 11 is 0. The number of sulfone groups is 1. The van der Waals surface area contributed by atoms with Gasteiger partial charge in [-0.05, 0) is 36.3 Å². The minimum atomic E-state index is -2.99. The second-order valence-corrected chi connectivity index (χ2v) is 8.50. The van der Waals surface area contributed by atoms with Crippen LogP contribution >= 0.6 is 0 Å². The average Bonchev–Trinajstić information content (AvgIpc) is 2.38. The molecule has 0 spiro atoms. The van der Waals surface area contributed by atoms with Crippen LogP contribution in [0.5, 0.6) is 0 Å². The van der Waals surface area contributed by atoms with E-state index in [0.717, 1.165) is 18.4 Å². The standard InChI is InChI=1S/C16H25NO2S/c1-12(2)14-8-6-13(7-9-14)11-15(17)16-5-3-4-10-20(16,18)19/h6-9,12,15-16H,3-5,10-11,17H2,1-2H3. The molecule has 3 nitrogen and oxygen atoms in total. The third-order valence-corrected chi connectivity index (χ3v) is 6.59. The van der Waals surface area contributed by atoms with E-state index in [2.05, 4.69) is 38.1 Å². The van der Waals surface area contributed by atoms with Gasteiger partial charge in [-0.1, -0.05) is 44.5 Å². The lowest BCUT2D eigenvalue weighted by Gasteiger charge is -2.27. The van der Waals surface area contributed by atoms with Crippen LogP contribution in [0.4, 0.5) is 0 Å². The van der Waals surface area contributed by atoms with Crippen LogP contribution in [-0.4, -0.2) is 25.5 Å². The second kappa shape index (κ2) is 6.27. The van der Waals surface area contributed by atoms with Crippen molar-refractivity contribution < 1.29 is 8.42 Å². The molecular formula is C16H25NO2S. The van der Waals surface area contributed by atoms with E-state index in [1.54, 1.807) is 0 Å². The summed E-state index contributed by atoms with van der Waals surface area (Å²) in [5, 5.41) is -0.360. The molecule has 2 N–H and O–H groups in total. The van der Waals surface area contributed by atoms with Crippen LogP contribution in [0, 0.1) is 0 Å². The van der Waals surface area contributed by atoms with Crippen molar-refractivity contribution in [1.29, 1.82) is 0 Å².